The number of alkyl halides is 1. The normalized spacial score (nSPS) is 26.9. The molecule has 8 nitrogen and oxygen atoms in total. The lowest BCUT2D eigenvalue weighted by Gasteiger charge is -2.48. The first-order chi connectivity index (χ1) is 15.3. The van der Waals surface area contributed by atoms with Crippen LogP contribution < -0.4 is 5.32 Å². The van der Waals surface area contributed by atoms with Crippen LogP contribution in [-0.2, 0) is 19.2 Å². The molecule has 32 heavy (non-hydrogen) atoms. The molecule has 2 unspecified atom stereocenters. The number of piperidine rings is 1. The van der Waals surface area contributed by atoms with E-state index in [1.807, 2.05) is 24.3 Å². The molecule has 2 aromatic rings. The predicted molar refractivity (Wildman–Crippen MR) is 115 cm³/mol. The molecule has 9 heteroatoms. The number of nitrogens with zero attached hydrogens (tertiary/aromatic N) is 2. The molecule has 0 bridgehead atoms. The number of ether oxygens (including phenoxy) is 1. The minimum atomic E-state index is -1.17. The number of esters is 1. The molecule has 0 aliphatic carbocycles. The summed E-state index contributed by atoms with van der Waals surface area (Å²) in [5, 5.41) is 3.24. The van der Waals surface area contributed by atoms with E-state index in [-0.39, 0.29) is 17.5 Å². The molecule has 0 aromatic heterocycles. The van der Waals surface area contributed by atoms with Crippen molar-refractivity contribution >= 4 is 41.0 Å². The van der Waals surface area contributed by atoms with Gasteiger partial charge in [0.15, 0.2) is 0 Å². The standard InChI is InChI=1S/C23H20ClN3O5/c1-12(21(31)32-2)26-20(30)17(27-18(28)13-7-3-4-8-14(13)19(27)29)11-23(24)15-9-5-6-10-16(15)25-22(23)26/h3-10,12,17,22,25H,11H2,1-2H3/t12-,17+,22?,23?/m0/s1. The number of likely N-dealkylation sites (tertiary alicyclic amines) is 1. The summed E-state index contributed by atoms with van der Waals surface area (Å²) in [6.07, 6.45) is -0.743. The number of fused-ring (bicyclic) bond motifs is 4. The number of amides is 3. The van der Waals surface area contributed by atoms with E-state index < -0.39 is 46.8 Å². The minimum Gasteiger partial charge on any atom is -0.467 e. The number of para-hydroxylation sites is 1. The SMILES string of the molecule is COC(=O)[C@H](C)N1C(=O)[C@H](N2C(=O)c3ccccc3C2=O)CC2(Cl)c3ccccc3NC12. The van der Waals surface area contributed by atoms with Gasteiger partial charge in [0.25, 0.3) is 11.8 Å². The Morgan fingerprint density at radius 2 is 1.69 bits per heavy atom. The van der Waals surface area contributed by atoms with Gasteiger partial charge in [-0.1, -0.05) is 30.3 Å². The number of anilines is 1. The van der Waals surface area contributed by atoms with Gasteiger partial charge in [-0.15, -0.1) is 11.6 Å². The van der Waals surface area contributed by atoms with Gasteiger partial charge in [-0.2, -0.15) is 0 Å². The summed E-state index contributed by atoms with van der Waals surface area (Å²) in [6.45, 7) is 1.54. The monoisotopic (exact) mass is 453 g/mol. The number of benzene rings is 2. The van der Waals surface area contributed by atoms with Gasteiger partial charge in [-0.05, 0) is 25.1 Å². The van der Waals surface area contributed by atoms with Crippen LogP contribution in [0.1, 0.15) is 39.6 Å². The fourth-order valence-electron chi connectivity index (χ4n) is 4.95. The highest BCUT2D eigenvalue weighted by atomic mass is 35.5. The first-order valence-electron chi connectivity index (χ1n) is 10.2. The molecule has 0 spiro atoms. The van der Waals surface area contributed by atoms with E-state index in [1.165, 1.54) is 18.9 Å². The quantitative estimate of drug-likeness (QED) is 0.435. The maximum absolute atomic E-state index is 13.7. The molecular formula is C23H20ClN3O5. The van der Waals surface area contributed by atoms with Crippen LogP contribution in [0, 0.1) is 0 Å². The molecule has 1 fully saturated rings. The molecule has 164 valence electrons. The summed E-state index contributed by atoms with van der Waals surface area (Å²) >= 11 is 7.18. The molecule has 3 aliphatic rings. The summed E-state index contributed by atoms with van der Waals surface area (Å²) in [7, 11) is 1.24. The van der Waals surface area contributed by atoms with Gasteiger partial charge in [0, 0.05) is 17.7 Å². The van der Waals surface area contributed by atoms with Crippen LogP contribution in [0.25, 0.3) is 0 Å². The van der Waals surface area contributed by atoms with E-state index in [0.717, 1.165) is 16.2 Å². The highest BCUT2D eigenvalue weighted by Crippen LogP contribution is 2.52. The first-order valence-corrected chi connectivity index (χ1v) is 10.6. The first kappa shape index (κ1) is 20.5. The van der Waals surface area contributed by atoms with E-state index in [4.69, 9.17) is 16.3 Å². The fourth-order valence-corrected chi connectivity index (χ4v) is 5.42. The molecule has 3 aliphatic heterocycles. The Hall–Kier alpha value is -3.39. The minimum absolute atomic E-state index is 0.0118. The molecule has 0 saturated carbocycles. The third-order valence-electron chi connectivity index (χ3n) is 6.51. The summed E-state index contributed by atoms with van der Waals surface area (Å²) in [5.74, 6) is -2.27. The largest absolute Gasteiger partial charge is 0.467 e. The molecule has 5 rings (SSSR count). The van der Waals surface area contributed by atoms with Crippen molar-refractivity contribution in [2.24, 2.45) is 0 Å². The van der Waals surface area contributed by atoms with Crippen molar-refractivity contribution in [3.63, 3.8) is 0 Å². The number of carbonyl (C=O) groups is 4. The molecule has 3 heterocycles. The third-order valence-corrected chi connectivity index (χ3v) is 7.07. The second-order valence-corrected chi connectivity index (χ2v) is 8.82. The lowest BCUT2D eigenvalue weighted by molar-refractivity contribution is -0.158. The van der Waals surface area contributed by atoms with Gasteiger partial charge in [-0.3, -0.25) is 19.3 Å². The number of nitrogens with one attached hydrogen (secondary N) is 1. The maximum Gasteiger partial charge on any atom is 0.328 e. The molecule has 1 saturated heterocycles. The van der Waals surface area contributed by atoms with Crippen LogP contribution >= 0.6 is 11.6 Å². The average Bonchev–Trinajstić information content (AvgIpc) is 3.23. The van der Waals surface area contributed by atoms with Crippen LogP contribution in [0.15, 0.2) is 48.5 Å². The number of carbonyl (C=O) groups excluding carboxylic acids is 4. The number of methoxy groups -OCH3 is 1. The second kappa shape index (κ2) is 7.06. The number of hydrogen-bond acceptors (Lipinski definition) is 6. The van der Waals surface area contributed by atoms with E-state index in [0.29, 0.717) is 0 Å². The van der Waals surface area contributed by atoms with E-state index in [9.17, 15) is 19.2 Å². The Morgan fingerprint density at radius 3 is 2.31 bits per heavy atom. The summed E-state index contributed by atoms with van der Waals surface area (Å²) in [6, 6.07) is 11.6. The van der Waals surface area contributed by atoms with Gasteiger partial charge < -0.3 is 15.0 Å². The molecule has 0 radical (unpaired) electrons. The van der Waals surface area contributed by atoms with Crippen molar-refractivity contribution in [1.82, 2.24) is 9.80 Å². The zero-order chi connectivity index (χ0) is 22.8. The predicted octanol–water partition coefficient (Wildman–Crippen LogP) is 2.33. The van der Waals surface area contributed by atoms with Gasteiger partial charge >= 0.3 is 5.97 Å². The number of hydrogen-bond donors (Lipinski definition) is 1. The Morgan fingerprint density at radius 1 is 1.09 bits per heavy atom. The Bertz CT molecular complexity index is 1150. The highest BCUT2D eigenvalue weighted by molar-refractivity contribution is 6.27. The zero-order valence-electron chi connectivity index (χ0n) is 17.4. The molecule has 1 N–H and O–H groups in total. The second-order valence-electron chi connectivity index (χ2n) is 8.15. The smallest absolute Gasteiger partial charge is 0.328 e. The van der Waals surface area contributed by atoms with Gasteiger partial charge in [-0.25, -0.2) is 4.79 Å². The summed E-state index contributed by atoms with van der Waals surface area (Å²) < 4.78 is 4.87. The van der Waals surface area contributed by atoms with E-state index in [1.54, 1.807) is 24.3 Å². The Balaban J connectivity index is 1.62. The number of halogens is 1. The van der Waals surface area contributed by atoms with Gasteiger partial charge in [0.2, 0.25) is 5.91 Å². The van der Waals surface area contributed by atoms with E-state index >= 15 is 0 Å². The van der Waals surface area contributed by atoms with Crippen molar-refractivity contribution in [2.75, 3.05) is 12.4 Å². The van der Waals surface area contributed by atoms with Crippen LogP contribution in [0.3, 0.4) is 0 Å². The maximum atomic E-state index is 13.7. The number of rotatable bonds is 3. The molecular weight excluding hydrogens is 434 g/mol. The number of imide groups is 1. The van der Waals surface area contributed by atoms with Crippen LogP contribution in [0.4, 0.5) is 5.69 Å². The van der Waals surface area contributed by atoms with Crippen molar-refractivity contribution in [2.45, 2.75) is 36.5 Å². The fraction of sp³-hybridized carbons (Fsp3) is 0.304. The van der Waals surface area contributed by atoms with Crippen molar-refractivity contribution in [3.05, 3.63) is 65.2 Å². The summed E-state index contributed by atoms with van der Waals surface area (Å²) in [4.78, 5) is 53.6. The van der Waals surface area contributed by atoms with Crippen LogP contribution in [-0.4, -0.2) is 58.8 Å². The van der Waals surface area contributed by atoms with Crippen LogP contribution in [0.2, 0.25) is 0 Å². The van der Waals surface area contributed by atoms with Crippen molar-refractivity contribution < 1.29 is 23.9 Å². The lowest BCUT2D eigenvalue weighted by Crippen LogP contribution is -2.67. The van der Waals surface area contributed by atoms with Gasteiger partial charge in [0.05, 0.1) is 18.2 Å². The lowest BCUT2D eigenvalue weighted by atomic mass is 9.84. The van der Waals surface area contributed by atoms with Gasteiger partial charge in [0.1, 0.15) is 23.1 Å². The van der Waals surface area contributed by atoms with Crippen molar-refractivity contribution in [3.8, 4) is 0 Å². The molecule has 3 amide bonds. The highest BCUT2D eigenvalue weighted by Gasteiger charge is 2.60. The van der Waals surface area contributed by atoms with E-state index in [2.05, 4.69) is 5.32 Å². The molecule has 4 atom stereocenters. The molecule has 2 aromatic carbocycles. The Labute approximate surface area is 189 Å². The third kappa shape index (κ3) is 2.62. The Kier molecular flexibility index (Phi) is 4.53. The van der Waals surface area contributed by atoms with Crippen LogP contribution in [0.5, 0.6) is 0 Å². The average molecular weight is 454 g/mol. The topological polar surface area (TPSA) is 96.0 Å². The summed E-state index contributed by atoms with van der Waals surface area (Å²) in [5.41, 5.74) is 1.95. The van der Waals surface area contributed by atoms with Crippen molar-refractivity contribution in [1.29, 1.82) is 0 Å². The zero-order valence-corrected chi connectivity index (χ0v) is 18.1.